The second-order valence-corrected chi connectivity index (χ2v) is 5.04. The molecule has 2 atom stereocenters. The third-order valence-corrected chi connectivity index (χ3v) is 3.75. The van der Waals surface area contributed by atoms with Gasteiger partial charge in [0.05, 0.1) is 35.7 Å². The molecule has 20 heavy (non-hydrogen) atoms. The SMILES string of the molecule is CCOC(=O)c1ccc(N(C)C2CCOC2C)c(N)c1. The zero-order valence-corrected chi connectivity index (χ0v) is 12.3. The lowest BCUT2D eigenvalue weighted by Crippen LogP contribution is -2.37. The third-order valence-electron chi connectivity index (χ3n) is 3.75. The van der Waals surface area contributed by atoms with Gasteiger partial charge in [0.25, 0.3) is 0 Å². The summed E-state index contributed by atoms with van der Waals surface area (Å²) < 4.78 is 10.6. The first-order chi connectivity index (χ1) is 9.54. The second kappa shape index (κ2) is 6.13. The maximum atomic E-state index is 11.7. The summed E-state index contributed by atoms with van der Waals surface area (Å²) in [7, 11) is 2.01. The lowest BCUT2D eigenvalue weighted by molar-refractivity contribution is 0.0526. The normalized spacial score (nSPS) is 21.8. The molecule has 1 saturated heterocycles. The Labute approximate surface area is 119 Å². The first kappa shape index (κ1) is 14.7. The van der Waals surface area contributed by atoms with Gasteiger partial charge in [0.15, 0.2) is 0 Å². The van der Waals surface area contributed by atoms with Crippen molar-refractivity contribution in [3.05, 3.63) is 23.8 Å². The number of nitrogen functional groups attached to an aromatic ring is 1. The number of carbonyl (C=O) groups excluding carboxylic acids is 1. The van der Waals surface area contributed by atoms with E-state index in [9.17, 15) is 4.79 Å². The molecule has 1 aliphatic heterocycles. The molecule has 2 unspecified atom stereocenters. The van der Waals surface area contributed by atoms with Crippen molar-refractivity contribution >= 4 is 17.3 Å². The molecule has 0 aromatic heterocycles. The Bertz CT molecular complexity index is 490. The topological polar surface area (TPSA) is 64.8 Å². The summed E-state index contributed by atoms with van der Waals surface area (Å²) in [6.45, 7) is 4.98. The Hall–Kier alpha value is -1.75. The third kappa shape index (κ3) is 2.88. The summed E-state index contributed by atoms with van der Waals surface area (Å²) in [5.74, 6) is -0.342. The van der Waals surface area contributed by atoms with Crippen LogP contribution in [-0.4, -0.2) is 38.4 Å². The van der Waals surface area contributed by atoms with Crippen LogP contribution in [0.4, 0.5) is 11.4 Å². The Balaban J connectivity index is 2.19. The van der Waals surface area contributed by atoms with Crippen LogP contribution in [0.3, 0.4) is 0 Å². The number of rotatable bonds is 4. The Morgan fingerprint density at radius 3 is 2.85 bits per heavy atom. The van der Waals surface area contributed by atoms with E-state index in [1.165, 1.54) is 0 Å². The molecule has 0 aliphatic carbocycles. The van der Waals surface area contributed by atoms with E-state index in [0.717, 1.165) is 18.7 Å². The van der Waals surface area contributed by atoms with Crippen LogP contribution in [0.5, 0.6) is 0 Å². The first-order valence-corrected chi connectivity index (χ1v) is 6.95. The zero-order chi connectivity index (χ0) is 14.7. The predicted molar refractivity (Wildman–Crippen MR) is 79.0 cm³/mol. The van der Waals surface area contributed by atoms with Gasteiger partial charge in [0.2, 0.25) is 0 Å². The van der Waals surface area contributed by atoms with Gasteiger partial charge in [-0.05, 0) is 38.5 Å². The largest absolute Gasteiger partial charge is 0.462 e. The molecule has 5 heteroatoms. The summed E-state index contributed by atoms with van der Waals surface area (Å²) in [5.41, 5.74) is 8.06. The van der Waals surface area contributed by atoms with E-state index in [2.05, 4.69) is 11.8 Å². The van der Waals surface area contributed by atoms with Crippen molar-refractivity contribution in [1.82, 2.24) is 0 Å². The molecule has 1 heterocycles. The molecular formula is C15H22N2O3. The minimum atomic E-state index is -0.342. The monoisotopic (exact) mass is 278 g/mol. The van der Waals surface area contributed by atoms with E-state index in [1.54, 1.807) is 19.1 Å². The summed E-state index contributed by atoms with van der Waals surface area (Å²) in [4.78, 5) is 13.8. The van der Waals surface area contributed by atoms with Crippen molar-refractivity contribution in [2.45, 2.75) is 32.4 Å². The molecule has 1 aromatic carbocycles. The van der Waals surface area contributed by atoms with E-state index < -0.39 is 0 Å². The van der Waals surface area contributed by atoms with E-state index in [4.69, 9.17) is 15.2 Å². The molecule has 1 aromatic rings. The average Bonchev–Trinajstić information content (AvgIpc) is 2.84. The molecular weight excluding hydrogens is 256 g/mol. The molecule has 5 nitrogen and oxygen atoms in total. The number of ether oxygens (including phenoxy) is 2. The minimum Gasteiger partial charge on any atom is -0.462 e. The zero-order valence-electron chi connectivity index (χ0n) is 12.3. The highest BCUT2D eigenvalue weighted by Crippen LogP contribution is 2.29. The second-order valence-electron chi connectivity index (χ2n) is 5.04. The van der Waals surface area contributed by atoms with Gasteiger partial charge in [-0.15, -0.1) is 0 Å². The molecule has 0 amide bonds. The predicted octanol–water partition coefficient (Wildman–Crippen LogP) is 2.06. The summed E-state index contributed by atoms with van der Waals surface area (Å²) in [6, 6.07) is 5.60. The maximum absolute atomic E-state index is 11.7. The van der Waals surface area contributed by atoms with Crippen LogP contribution in [0.15, 0.2) is 18.2 Å². The minimum absolute atomic E-state index is 0.184. The van der Waals surface area contributed by atoms with Crippen molar-refractivity contribution in [2.75, 3.05) is 30.9 Å². The van der Waals surface area contributed by atoms with Crippen LogP contribution in [0.1, 0.15) is 30.6 Å². The van der Waals surface area contributed by atoms with Crippen LogP contribution >= 0.6 is 0 Å². The van der Waals surface area contributed by atoms with Gasteiger partial charge in [0.1, 0.15) is 0 Å². The fraction of sp³-hybridized carbons (Fsp3) is 0.533. The van der Waals surface area contributed by atoms with Crippen LogP contribution in [0.2, 0.25) is 0 Å². The number of nitrogens with zero attached hydrogens (tertiary/aromatic N) is 1. The summed E-state index contributed by atoms with van der Waals surface area (Å²) in [5, 5.41) is 0. The van der Waals surface area contributed by atoms with Gasteiger partial charge in [-0.1, -0.05) is 0 Å². The number of esters is 1. The van der Waals surface area contributed by atoms with E-state index in [-0.39, 0.29) is 12.1 Å². The van der Waals surface area contributed by atoms with Crippen LogP contribution < -0.4 is 10.6 Å². The molecule has 2 N–H and O–H groups in total. The number of nitrogens with two attached hydrogens (primary N) is 1. The number of likely N-dealkylation sites (N-methyl/N-ethyl adjacent to an activating group) is 1. The van der Waals surface area contributed by atoms with Crippen molar-refractivity contribution in [1.29, 1.82) is 0 Å². The lowest BCUT2D eigenvalue weighted by atomic mass is 10.1. The molecule has 0 spiro atoms. The molecule has 110 valence electrons. The van der Waals surface area contributed by atoms with Gasteiger partial charge in [-0.25, -0.2) is 4.79 Å². The Kier molecular flexibility index (Phi) is 4.49. The van der Waals surface area contributed by atoms with Gasteiger partial charge in [0, 0.05) is 13.7 Å². The highest BCUT2D eigenvalue weighted by atomic mass is 16.5. The van der Waals surface area contributed by atoms with Crippen molar-refractivity contribution in [3.8, 4) is 0 Å². The van der Waals surface area contributed by atoms with Crippen LogP contribution in [0.25, 0.3) is 0 Å². The highest BCUT2D eigenvalue weighted by Gasteiger charge is 2.29. The van der Waals surface area contributed by atoms with Crippen LogP contribution in [0, 0.1) is 0 Å². The number of carbonyl (C=O) groups is 1. The van der Waals surface area contributed by atoms with Gasteiger partial charge >= 0.3 is 5.97 Å². The van der Waals surface area contributed by atoms with Gasteiger partial charge in [-0.3, -0.25) is 0 Å². The number of anilines is 2. The van der Waals surface area contributed by atoms with Crippen molar-refractivity contribution < 1.29 is 14.3 Å². The first-order valence-electron chi connectivity index (χ1n) is 6.95. The van der Waals surface area contributed by atoms with Gasteiger partial charge in [-0.2, -0.15) is 0 Å². The van der Waals surface area contributed by atoms with Crippen LogP contribution in [-0.2, 0) is 9.47 Å². The molecule has 0 saturated carbocycles. The number of benzene rings is 1. The smallest absolute Gasteiger partial charge is 0.338 e. The lowest BCUT2D eigenvalue weighted by Gasteiger charge is -2.29. The molecule has 0 bridgehead atoms. The highest BCUT2D eigenvalue weighted by molar-refractivity contribution is 5.92. The van der Waals surface area contributed by atoms with Crippen molar-refractivity contribution in [3.63, 3.8) is 0 Å². The molecule has 2 rings (SSSR count). The number of hydrogen-bond donors (Lipinski definition) is 1. The molecule has 1 fully saturated rings. The quantitative estimate of drug-likeness (QED) is 0.674. The van der Waals surface area contributed by atoms with Gasteiger partial charge < -0.3 is 20.1 Å². The van der Waals surface area contributed by atoms with E-state index >= 15 is 0 Å². The number of hydrogen-bond acceptors (Lipinski definition) is 5. The fourth-order valence-corrected chi connectivity index (χ4v) is 2.62. The van der Waals surface area contributed by atoms with E-state index in [1.807, 2.05) is 13.1 Å². The molecule has 0 radical (unpaired) electrons. The maximum Gasteiger partial charge on any atom is 0.338 e. The summed E-state index contributed by atoms with van der Waals surface area (Å²) >= 11 is 0. The fourth-order valence-electron chi connectivity index (χ4n) is 2.62. The molecule has 1 aliphatic rings. The standard InChI is InChI=1S/C15H22N2O3/c1-4-19-15(18)11-5-6-14(12(16)9-11)17(3)13-7-8-20-10(13)2/h5-6,9-10,13H,4,7-8,16H2,1-3H3. The average molecular weight is 278 g/mol. The summed E-state index contributed by atoms with van der Waals surface area (Å²) in [6.07, 6.45) is 1.17. The van der Waals surface area contributed by atoms with E-state index in [0.29, 0.717) is 23.9 Å². The van der Waals surface area contributed by atoms with Crippen molar-refractivity contribution in [2.24, 2.45) is 0 Å². The Morgan fingerprint density at radius 1 is 1.55 bits per heavy atom. The Morgan fingerprint density at radius 2 is 2.30 bits per heavy atom.